The van der Waals surface area contributed by atoms with E-state index in [0.717, 1.165) is 59.2 Å². The molecule has 0 aliphatic carbocycles. The smallest absolute Gasteiger partial charge is 0.254 e. The molecule has 0 bridgehead atoms. The summed E-state index contributed by atoms with van der Waals surface area (Å²) >= 11 is 3.57. The van der Waals surface area contributed by atoms with E-state index in [1.165, 1.54) is 0 Å². The first kappa shape index (κ1) is 22.5. The lowest BCUT2D eigenvalue weighted by Crippen LogP contribution is -2.33. The van der Waals surface area contributed by atoms with E-state index >= 15 is 0 Å². The van der Waals surface area contributed by atoms with E-state index in [1.54, 1.807) is 0 Å². The summed E-state index contributed by atoms with van der Waals surface area (Å²) in [5.74, 6) is 1.56. The molecule has 0 spiro atoms. The number of para-hydroxylation sites is 2. The van der Waals surface area contributed by atoms with Crippen molar-refractivity contribution in [2.75, 3.05) is 6.54 Å². The number of benzene rings is 2. The maximum absolute atomic E-state index is 13.4. The Morgan fingerprint density at radius 2 is 1.97 bits per heavy atom. The van der Waals surface area contributed by atoms with Crippen LogP contribution < -0.4 is 0 Å². The number of nitrogens with zero attached hydrogens (tertiary/aromatic N) is 3. The third-order valence-electron chi connectivity index (χ3n) is 5.48. The third-order valence-corrected chi connectivity index (χ3v) is 6.34. The molecule has 5 heteroatoms. The average Bonchev–Trinajstić information content (AvgIpc) is 3.07. The number of amides is 1. The van der Waals surface area contributed by atoms with Crippen molar-refractivity contribution in [2.45, 2.75) is 60.0 Å². The molecular formula is C25H32BrN3O. The monoisotopic (exact) mass is 469 g/mol. The number of aromatic nitrogens is 2. The van der Waals surface area contributed by atoms with Crippen LogP contribution in [-0.2, 0) is 13.1 Å². The summed E-state index contributed by atoms with van der Waals surface area (Å²) in [6.45, 7) is 10.8. The van der Waals surface area contributed by atoms with Crippen molar-refractivity contribution in [2.24, 2.45) is 5.92 Å². The zero-order valence-electron chi connectivity index (χ0n) is 18.5. The standard InChI is InChI=1S/C25H32BrN3O/c1-5-6-14-29-23-10-8-7-9-22(23)27-24(29)17-28(15-13-18(2)3)25(30)20-12-11-19(4)21(26)16-20/h7-12,16,18H,5-6,13-15,17H2,1-4H3. The van der Waals surface area contributed by atoms with E-state index in [2.05, 4.69) is 59.5 Å². The molecule has 160 valence electrons. The Labute approximate surface area is 188 Å². The van der Waals surface area contributed by atoms with Crippen LogP contribution in [0.15, 0.2) is 46.9 Å². The molecule has 0 fully saturated rings. The summed E-state index contributed by atoms with van der Waals surface area (Å²) in [6.07, 6.45) is 3.19. The van der Waals surface area contributed by atoms with Crippen molar-refractivity contribution in [3.05, 3.63) is 63.9 Å². The molecule has 30 heavy (non-hydrogen) atoms. The topological polar surface area (TPSA) is 38.1 Å². The van der Waals surface area contributed by atoms with Crippen LogP contribution in [-0.4, -0.2) is 26.9 Å². The number of fused-ring (bicyclic) bond motifs is 1. The summed E-state index contributed by atoms with van der Waals surface area (Å²) < 4.78 is 3.26. The van der Waals surface area contributed by atoms with Crippen LogP contribution >= 0.6 is 15.9 Å². The Hall–Kier alpha value is -2.14. The van der Waals surface area contributed by atoms with Crippen molar-refractivity contribution >= 4 is 32.9 Å². The number of unbranched alkanes of at least 4 members (excludes halogenated alkanes) is 1. The highest BCUT2D eigenvalue weighted by Crippen LogP contribution is 2.22. The van der Waals surface area contributed by atoms with Gasteiger partial charge in [-0.15, -0.1) is 0 Å². The Morgan fingerprint density at radius 3 is 2.67 bits per heavy atom. The number of imidazole rings is 1. The number of rotatable bonds is 9. The van der Waals surface area contributed by atoms with Crippen LogP contribution in [0.25, 0.3) is 11.0 Å². The first-order valence-corrected chi connectivity index (χ1v) is 11.7. The van der Waals surface area contributed by atoms with Gasteiger partial charge in [-0.05, 0) is 55.5 Å². The van der Waals surface area contributed by atoms with Crippen LogP contribution in [0.3, 0.4) is 0 Å². The minimum absolute atomic E-state index is 0.0606. The molecule has 0 saturated carbocycles. The fraction of sp³-hybridized carbons (Fsp3) is 0.440. The fourth-order valence-electron chi connectivity index (χ4n) is 3.56. The van der Waals surface area contributed by atoms with Gasteiger partial charge in [0.25, 0.3) is 5.91 Å². The highest BCUT2D eigenvalue weighted by molar-refractivity contribution is 9.10. The van der Waals surface area contributed by atoms with Crippen LogP contribution in [0.4, 0.5) is 0 Å². The zero-order valence-corrected chi connectivity index (χ0v) is 20.1. The summed E-state index contributed by atoms with van der Waals surface area (Å²) in [5.41, 5.74) is 3.99. The van der Waals surface area contributed by atoms with Gasteiger partial charge in [0.05, 0.1) is 17.6 Å². The normalized spacial score (nSPS) is 11.4. The van der Waals surface area contributed by atoms with E-state index in [1.807, 2.05) is 36.1 Å². The van der Waals surface area contributed by atoms with Gasteiger partial charge in [-0.25, -0.2) is 4.98 Å². The van der Waals surface area contributed by atoms with Crippen molar-refractivity contribution in [3.63, 3.8) is 0 Å². The van der Waals surface area contributed by atoms with Crippen LogP contribution in [0.5, 0.6) is 0 Å². The fourth-order valence-corrected chi connectivity index (χ4v) is 3.94. The SMILES string of the molecule is CCCCn1c(CN(CCC(C)C)C(=O)c2ccc(C)c(Br)c2)nc2ccccc21. The largest absolute Gasteiger partial charge is 0.331 e. The predicted octanol–water partition coefficient (Wildman–Crippen LogP) is 6.60. The summed E-state index contributed by atoms with van der Waals surface area (Å²) in [4.78, 5) is 20.3. The number of hydrogen-bond donors (Lipinski definition) is 0. The molecule has 0 atom stereocenters. The third kappa shape index (κ3) is 5.31. The van der Waals surface area contributed by atoms with Gasteiger partial charge in [0.15, 0.2) is 0 Å². The second-order valence-corrected chi connectivity index (χ2v) is 9.25. The van der Waals surface area contributed by atoms with Gasteiger partial charge >= 0.3 is 0 Å². The molecule has 1 amide bonds. The second kappa shape index (κ2) is 10.3. The Morgan fingerprint density at radius 1 is 1.20 bits per heavy atom. The highest BCUT2D eigenvalue weighted by atomic mass is 79.9. The molecule has 0 aliphatic heterocycles. The highest BCUT2D eigenvalue weighted by Gasteiger charge is 2.20. The van der Waals surface area contributed by atoms with Gasteiger partial charge in [0.1, 0.15) is 5.82 Å². The maximum Gasteiger partial charge on any atom is 0.254 e. The van der Waals surface area contributed by atoms with Crippen LogP contribution in [0.2, 0.25) is 0 Å². The molecule has 0 saturated heterocycles. The van der Waals surface area contributed by atoms with Crippen molar-refractivity contribution in [1.82, 2.24) is 14.5 Å². The summed E-state index contributed by atoms with van der Waals surface area (Å²) in [5, 5.41) is 0. The number of halogens is 1. The van der Waals surface area contributed by atoms with Crippen molar-refractivity contribution in [3.8, 4) is 0 Å². The lowest BCUT2D eigenvalue weighted by molar-refractivity contribution is 0.0729. The predicted molar refractivity (Wildman–Crippen MR) is 128 cm³/mol. The van der Waals surface area contributed by atoms with Gasteiger partial charge in [0, 0.05) is 23.1 Å². The Kier molecular flexibility index (Phi) is 7.70. The second-order valence-electron chi connectivity index (χ2n) is 8.40. The molecule has 0 aliphatic rings. The molecular weight excluding hydrogens is 438 g/mol. The zero-order chi connectivity index (χ0) is 21.7. The van der Waals surface area contributed by atoms with E-state index in [9.17, 15) is 4.79 Å². The molecule has 1 heterocycles. The van der Waals surface area contributed by atoms with Crippen molar-refractivity contribution < 1.29 is 4.79 Å². The Balaban J connectivity index is 1.94. The van der Waals surface area contributed by atoms with Gasteiger partial charge in [0.2, 0.25) is 0 Å². The van der Waals surface area contributed by atoms with Gasteiger partial charge < -0.3 is 9.47 Å². The molecule has 0 radical (unpaired) electrons. The molecule has 2 aromatic carbocycles. The quantitative estimate of drug-likeness (QED) is 0.354. The van der Waals surface area contributed by atoms with Crippen LogP contribution in [0.1, 0.15) is 61.8 Å². The van der Waals surface area contributed by atoms with E-state index in [4.69, 9.17) is 4.98 Å². The first-order chi connectivity index (χ1) is 14.4. The van der Waals surface area contributed by atoms with Crippen molar-refractivity contribution in [1.29, 1.82) is 0 Å². The minimum atomic E-state index is 0.0606. The van der Waals surface area contributed by atoms with E-state index in [-0.39, 0.29) is 5.91 Å². The number of carbonyl (C=O) groups is 1. The molecule has 3 rings (SSSR count). The summed E-state index contributed by atoms with van der Waals surface area (Å²) in [6, 6.07) is 14.1. The molecule has 3 aromatic rings. The summed E-state index contributed by atoms with van der Waals surface area (Å²) in [7, 11) is 0. The van der Waals surface area contributed by atoms with Gasteiger partial charge in [-0.2, -0.15) is 0 Å². The molecule has 4 nitrogen and oxygen atoms in total. The van der Waals surface area contributed by atoms with E-state index in [0.29, 0.717) is 18.0 Å². The number of carbonyl (C=O) groups excluding carboxylic acids is 1. The maximum atomic E-state index is 13.4. The lowest BCUT2D eigenvalue weighted by Gasteiger charge is -2.24. The van der Waals surface area contributed by atoms with Gasteiger partial charge in [-0.1, -0.05) is 61.3 Å². The Bertz CT molecular complexity index is 1010. The lowest BCUT2D eigenvalue weighted by atomic mass is 10.1. The van der Waals surface area contributed by atoms with Crippen LogP contribution in [0, 0.1) is 12.8 Å². The number of hydrogen-bond acceptors (Lipinski definition) is 2. The molecule has 0 unspecified atom stereocenters. The molecule has 0 N–H and O–H groups in total. The minimum Gasteiger partial charge on any atom is -0.331 e. The first-order valence-electron chi connectivity index (χ1n) is 10.9. The molecule has 1 aromatic heterocycles. The average molecular weight is 470 g/mol. The van der Waals surface area contributed by atoms with Gasteiger partial charge in [-0.3, -0.25) is 4.79 Å². The number of aryl methyl sites for hydroxylation is 2. The van der Waals surface area contributed by atoms with E-state index < -0.39 is 0 Å².